The summed E-state index contributed by atoms with van der Waals surface area (Å²) in [6.07, 6.45) is 0. The Labute approximate surface area is 161 Å². The van der Waals surface area contributed by atoms with Crippen molar-refractivity contribution in [2.75, 3.05) is 5.32 Å². The molecule has 2 heterocycles. The lowest BCUT2D eigenvalue weighted by molar-refractivity contribution is 0.102. The third-order valence-corrected chi connectivity index (χ3v) is 4.62. The number of rotatable bonds is 3. The van der Waals surface area contributed by atoms with Gasteiger partial charge in [0.2, 0.25) is 0 Å². The standard InChI is InChI=1S/C22H19FN4O/c1-13-11-16(23)9-10-19(13)25-22(28)18-12-14(2)24-21-20(18)15(3)26-27(21)17-7-5-4-6-8-17/h4-12H,1-3H3,(H,25,28). The van der Waals surface area contributed by atoms with E-state index in [1.807, 2.05) is 44.2 Å². The van der Waals surface area contributed by atoms with Gasteiger partial charge < -0.3 is 5.32 Å². The third kappa shape index (κ3) is 3.13. The van der Waals surface area contributed by atoms with Crippen LogP contribution in [0.4, 0.5) is 10.1 Å². The fourth-order valence-corrected chi connectivity index (χ4v) is 3.30. The summed E-state index contributed by atoms with van der Waals surface area (Å²) in [6.45, 7) is 5.46. The molecule has 0 bridgehead atoms. The number of hydrogen-bond acceptors (Lipinski definition) is 3. The summed E-state index contributed by atoms with van der Waals surface area (Å²) in [5.41, 5.74) is 4.65. The topological polar surface area (TPSA) is 59.8 Å². The summed E-state index contributed by atoms with van der Waals surface area (Å²) in [6, 6.07) is 15.7. The van der Waals surface area contributed by atoms with Crippen molar-refractivity contribution in [2.45, 2.75) is 20.8 Å². The second kappa shape index (κ2) is 6.88. The molecule has 6 heteroatoms. The summed E-state index contributed by atoms with van der Waals surface area (Å²) in [5.74, 6) is -0.612. The van der Waals surface area contributed by atoms with Gasteiger partial charge in [0.15, 0.2) is 5.65 Å². The number of anilines is 1. The molecule has 4 aromatic rings. The van der Waals surface area contributed by atoms with E-state index in [1.54, 1.807) is 23.7 Å². The number of fused-ring (bicyclic) bond motifs is 1. The zero-order chi connectivity index (χ0) is 19.8. The largest absolute Gasteiger partial charge is 0.322 e. The molecule has 0 spiro atoms. The Balaban J connectivity index is 1.83. The number of nitrogens with one attached hydrogen (secondary N) is 1. The highest BCUT2D eigenvalue weighted by Gasteiger charge is 2.20. The van der Waals surface area contributed by atoms with Crippen LogP contribution in [0.15, 0.2) is 54.6 Å². The zero-order valence-corrected chi connectivity index (χ0v) is 15.8. The van der Waals surface area contributed by atoms with Crippen molar-refractivity contribution in [3.05, 3.63) is 82.9 Å². The molecule has 4 rings (SSSR count). The molecule has 0 fully saturated rings. The van der Waals surface area contributed by atoms with Gasteiger partial charge in [0, 0.05) is 11.4 Å². The van der Waals surface area contributed by atoms with E-state index < -0.39 is 0 Å². The Hall–Kier alpha value is -3.54. The predicted molar refractivity (Wildman–Crippen MR) is 107 cm³/mol. The van der Waals surface area contributed by atoms with Gasteiger partial charge in [-0.05, 0) is 62.7 Å². The van der Waals surface area contributed by atoms with Gasteiger partial charge in [-0.3, -0.25) is 4.79 Å². The van der Waals surface area contributed by atoms with Crippen molar-refractivity contribution < 1.29 is 9.18 Å². The fourth-order valence-electron chi connectivity index (χ4n) is 3.30. The lowest BCUT2D eigenvalue weighted by Crippen LogP contribution is -2.14. The molecule has 0 radical (unpaired) electrons. The number of pyridine rings is 1. The maximum Gasteiger partial charge on any atom is 0.256 e. The van der Waals surface area contributed by atoms with Gasteiger partial charge in [-0.15, -0.1) is 0 Å². The average Bonchev–Trinajstić information content (AvgIpc) is 3.00. The number of aromatic nitrogens is 3. The van der Waals surface area contributed by atoms with Crippen molar-refractivity contribution in [2.24, 2.45) is 0 Å². The van der Waals surface area contributed by atoms with E-state index in [2.05, 4.69) is 15.4 Å². The lowest BCUT2D eigenvalue weighted by atomic mass is 10.1. The number of aryl methyl sites for hydroxylation is 3. The number of benzene rings is 2. The normalized spacial score (nSPS) is 11.0. The third-order valence-electron chi connectivity index (χ3n) is 4.62. The molecule has 0 unspecified atom stereocenters. The summed E-state index contributed by atoms with van der Waals surface area (Å²) >= 11 is 0. The molecule has 2 aromatic carbocycles. The second-order valence-corrected chi connectivity index (χ2v) is 6.76. The van der Waals surface area contributed by atoms with Gasteiger partial charge in [0.25, 0.3) is 5.91 Å². The predicted octanol–water partition coefficient (Wildman–Crippen LogP) is 4.74. The minimum Gasteiger partial charge on any atom is -0.322 e. The van der Waals surface area contributed by atoms with Crippen molar-refractivity contribution in [3.63, 3.8) is 0 Å². The number of carbonyl (C=O) groups excluding carboxylic acids is 1. The smallest absolute Gasteiger partial charge is 0.256 e. The SMILES string of the molecule is Cc1cc(C(=O)Nc2ccc(F)cc2C)c2c(C)nn(-c3ccccc3)c2n1. The maximum absolute atomic E-state index is 13.4. The van der Waals surface area contributed by atoms with Crippen molar-refractivity contribution in [1.82, 2.24) is 14.8 Å². The first-order chi connectivity index (χ1) is 13.4. The number of hydrogen-bond donors (Lipinski definition) is 1. The number of nitrogens with zero attached hydrogens (tertiary/aromatic N) is 3. The zero-order valence-electron chi connectivity index (χ0n) is 15.8. The molecular formula is C22H19FN4O. The van der Waals surface area contributed by atoms with Crippen molar-refractivity contribution in [3.8, 4) is 5.69 Å². The minimum absolute atomic E-state index is 0.277. The van der Waals surface area contributed by atoms with E-state index in [0.29, 0.717) is 39.2 Å². The van der Waals surface area contributed by atoms with Gasteiger partial charge in [-0.25, -0.2) is 14.1 Å². The van der Waals surface area contributed by atoms with Crippen LogP contribution in [-0.2, 0) is 0 Å². The average molecular weight is 374 g/mol. The van der Waals surface area contributed by atoms with Gasteiger partial charge in [-0.1, -0.05) is 18.2 Å². The molecule has 0 atom stereocenters. The number of carbonyl (C=O) groups is 1. The Bertz CT molecular complexity index is 1200. The number of halogens is 1. The molecule has 0 saturated carbocycles. The van der Waals surface area contributed by atoms with Crippen LogP contribution in [0, 0.1) is 26.6 Å². The fraction of sp³-hybridized carbons (Fsp3) is 0.136. The van der Waals surface area contributed by atoms with E-state index in [9.17, 15) is 9.18 Å². The van der Waals surface area contributed by atoms with Crippen LogP contribution in [0.3, 0.4) is 0 Å². The van der Waals surface area contributed by atoms with Crippen LogP contribution in [0.25, 0.3) is 16.7 Å². The molecule has 5 nitrogen and oxygen atoms in total. The maximum atomic E-state index is 13.4. The first-order valence-electron chi connectivity index (χ1n) is 8.94. The monoisotopic (exact) mass is 374 g/mol. The van der Waals surface area contributed by atoms with Crippen LogP contribution in [0.1, 0.15) is 27.3 Å². The summed E-state index contributed by atoms with van der Waals surface area (Å²) in [5, 5.41) is 8.18. The van der Waals surface area contributed by atoms with Crippen LogP contribution >= 0.6 is 0 Å². The molecule has 0 aliphatic heterocycles. The van der Waals surface area contributed by atoms with Crippen molar-refractivity contribution in [1.29, 1.82) is 0 Å². The highest BCUT2D eigenvalue weighted by molar-refractivity contribution is 6.13. The molecule has 0 aliphatic rings. The highest BCUT2D eigenvalue weighted by Crippen LogP contribution is 2.26. The Morgan fingerprint density at radius 3 is 2.50 bits per heavy atom. The van der Waals surface area contributed by atoms with Gasteiger partial charge in [0.1, 0.15) is 5.82 Å². The summed E-state index contributed by atoms with van der Waals surface area (Å²) in [4.78, 5) is 17.7. The molecule has 0 saturated heterocycles. The van der Waals surface area contributed by atoms with E-state index in [1.165, 1.54) is 12.1 Å². The summed E-state index contributed by atoms with van der Waals surface area (Å²) < 4.78 is 15.1. The first-order valence-corrected chi connectivity index (χ1v) is 8.94. The Morgan fingerprint density at radius 1 is 1.04 bits per heavy atom. The van der Waals surface area contributed by atoms with Crippen molar-refractivity contribution >= 4 is 22.6 Å². The molecule has 2 aromatic heterocycles. The number of amides is 1. The molecule has 0 aliphatic carbocycles. The first kappa shape index (κ1) is 17.9. The molecule has 28 heavy (non-hydrogen) atoms. The molecule has 140 valence electrons. The quantitative estimate of drug-likeness (QED) is 0.564. The summed E-state index contributed by atoms with van der Waals surface area (Å²) in [7, 11) is 0. The van der Waals surface area contributed by atoms with Gasteiger partial charge in [0.05, 0.1) is 22.3 Å². The van der Waals surface area contributed by atoms with Gasteiger partial charge >= 0.3 is 0 Å². The Morgan fingerprint density at radius 2 is 1.79 bits per heavy atom. The van der Waals surface area contributed by atoms with Crippen LogP contribution in [0.2, 0.25) is 0 Å². The molecule has 1 amide bonds. The number of para-hydroxylation sites is 1. The van der Waals surface area contributed by atoms with Crippen LogP contribution in [0.5, 0.6) is 0 Å². The highest BCUT2D eigenvalue weighted by atomic mass is 19.1. The van der Waals surface area contributed by atoms with E-state index >= 15 is 0 Å². The van der Waals surface area contributed by atoms with E-state index in [0.717, 1.165) is 5.69 Å². The van der Waals surface area contributed by atoms with E-state index in [4.69, 9.17) is 0 Å². The molecule has 1 N–H and O–H groups in total. The molecular weight excluding hydrogens is 355 g/mol. The van der Waals surface area contributed by atoms with Crippen LogP contribution < -0.4 is 5.32 Å². The Kier molecular flexibility index (Phi) is 4.39. The minimum atomic E-state index is -0.336. The van der Waals surface area contributed by atoms with Gasteiger partial charge in [-0.2, -0.15) is 5.10 Å². The lowest BCUT2D eigenvalue weighted by Gasteiger charge is -2.10. The van der Waals surface area contributed by atoms with E-state index in [-0.39, 0.29) is 11.7 Å². The van der Waals surface area contributed by atoms with Crippen LogP contribution in [-0.4, -0.2) is 20.7 Å². The second-order valence-electron chi connectivity index (χ2n) is 6.76.